The monoisotopic (exact) mass is 257 g/mol. The summed E-state index contributed by atoms with van der Waals surface area (Å²) in [5.41, 5.74) is 0.317. The predicted molar refractivity (Wildman–Crippen MR) is 65.9 cm³/mol. The van der Waals surface area contributed by atoms with Crippen molar-refractivity contribution in [3.05, 3.63) is 29.6 Å². The number of rotatable bonds is 2. The first kappa shape index (κ1) is 13.2. The summed E-state index contributed by atoms with van der Waals surface area (Å²) in [4.78, 5) is 0. The average Bonchev–Trinajstić information content (AvgIpc) is 2.31. The fourth-order valence-corrected chi connectivity index (χ4v) is 2.59. The molecule has 0 amide bonds. The molecule has 1 N–H and O–H groups in total. The van der Waals surface area contributed by atoms with Gasteiger partial charge in [0.05, 0.1) is 0 Å². The molecular formula is C14H18F3N. The Bertz CT molecular complexity index is 410. The number of benzene rings is 1. The molecule has 0 radical (unpaired) electrons. The van der Waals surface area contributed by atoms with Crippen molar-refractivity contribution in [2.24, 2.45) is 11.8 Å². The van der Waals surface area contributed by atoms with Crippen LogP contribution in [0.2, 0.25) is 0 Å². The van der Waals surface area contributed by atoms with E-state index in [0.717, 1.165) is 25.0 Å². The maximum atomic E-state index is 13.1. The summed E-state index contributed by atoms with van der Waals surface area (Å²) >= 11 is 0. The second kappa shape index (κ2) is 5.21. The van der Waals surface area contributed by atoms with Gasteiger partial charge in [0.2, 0.25) is 0 Å². The number of nitrogens with one attached hydrogen (secondary N) is 1. The molecule has 18 heavy (non-hydrogen) atoms. The molecule has 3 unspecified atom stereocenters. The van der Waals surface area contributed by atoms with Crippen molar-refractivity contribution in [2.75, 3.05) is 5.32 Å². The lowest BCUT2D eigenvalue weighted by Gasteiger charge is -2.34. The van der Waals surface area contributed by atoms with Crippen molar-refractivity contribution in [1.29, 1.82) is 0 Å². The Hall–Kier alpha value is -1.19. The van der Waals surface area contributed by atoms with E-state index in [1.165, 1.54) is 6.42 Å². The number of halogens is 3. The Morgan fingerprint density at radius 2 is 1.67 bits per heavy atom. The molecule has 0 spiro atoms. The molecule has 0 aliphatic heterocycles. The number of hydrogen-bond acceptors (Lipinski definition) is 1. The first-order valence-corrected chi connectivity index (χ1v) is 6.38. The lowest BCUT2D eigenvalue weighted by atomic mass is 9.80. The standard InChI is InChI=1S/C14H18F3N/c1-8-3-4-9(2)13(5-8)18-10-6-11(15)14(17)12(16)7-10/h6-9,13,18H,3-5H2,1-2H3. The highest BCUT2D eigenvalue weighted by Crippen LogP contribution is 2.31. The minimum absolute atomic E-state index is 0.193. The highest BCUT2D eigenvalue weighted by atomic mass is 19.2. The van der Waals surface area contributed by atoms with Crippen LogP contribution >= 0.6 is 0 Å². The van der Waals surface area contributed by atoms with Crippen molar-refractivity contribution < 1.29 is 13.2 Å². The molecule has 1 aliphatic carbocycles. The van der Waals surface area contributed by atoms with Gasteiger partial charge in [-0.05, 0) is 24.7 Å². The van der Waals surface area contributed by atoms with Gasteiger partial charge in [-0.25, -0.2) is 13.2 Å². The SMILES string of the molecule is CC1CCC(C)C(Nc2cc(F)c(F)c(F)c2)C1. The maximum absolute atomic E-state index is 13.1. The van der Waals surface area contributed by atoms with Gasteiger partial charge in [-0.2, -0.15) is 0 Å². The fraction of sp³-hybridized carbons (Fsp3) is 0.571. The molecule has 1 saturated carbocycles. The lowest BCUT2D eigenvalue weighted by Crippen LogP contribution is -2.33. The maximum Gasteiger partial charge on any atom is 0.194 e. The van der Waals surface area contributed by atoms with Crippen LogP contribution < -0.4 is 5.32 Å². The van der Waals surface area contributed by atoms with Crippen LogP contribution in [0.3, 0.4) is 0 Å². The smallest absolute Gasteiger partial charge is 0.194 e. The van der Waals surface area contributed by atoms with E-state index in [9.17, 15) is 13.2 Å². The molecule has 100 valence electrons. The predicted octanol–water partition coefficient (Wildman–Crippen LogP) is 4.34. The van der Waals surface area contributed by atoms with Crippen molar-refractivity contribution in [1.82, 2.24) is 0 Å². The molecule has 2 rings (SSSR count). The van der Waals surface area contributed by atoms with E-state index in [1.807, 2.05) is 0 Å². The summed E-state index contributed by atoms with van der Waals surface area (Å²) in [5.74, 6) is -2.64. The van der Waals surface area contributed by atoms with Gasteiger partial charge in [0.1, 0.15) is 0 Å². The van der Waals surface area contributed by atoms with Gasteiger partial charge < -0.3 is 5.32 Å². The molecule has 1 aliphatic rings. The highest BCUT2D eigenvalue weighted by molar-refractivity contribution is 5.45. The van der Waals surface area contributed by atoms with E-state index in [0.29, 0.717) is 17.5 Å². The Morgan fingerprint density at radius 1 is 1.06 bits per heavy atom. The van der Waals surface area contributed by atoms with E-state index < -0.39 is 17.5 Å². The molecule has 3 atom stereocenters. The van der Waals surface area contributed by atoms with Crippen LogP contribution in [0.4, 0.5) is 18.9 Å². The zero-order valence-corrected chi connectivity index (χ0v) is 10.6. The van der Waals surface area contributed by atoms with Crippen LogP contribution in [0.5, 0.6) is 0 Å². The van der Waals surface area contributed by atoms with E-state index in [1.54, 1.807) is 0 Å². The normalized spacial score (nSPS) is 28.2. The summed E-state index contributed by atoms with van der Waals surface area (Å²) in [6, 6.07) is 2.23. The van der Waals surface area contributed by atoms with Gasteiger partial charge in [-0.1, -0.05) is 20.3 Å². The minimum atomic E-state index is -1.41. The second-order valence-electron chi connectivity index (χ2n) is 5.40. The average molecular weight is 257 g/mol. The summed E-state index contributed by atoms with van der Waals surface area (Å²) in [5, 5.41) is 3.12. The van der Waals surface area contributed by atoms with Gasteiger partial charge >= 0.3 is 0 Å². The molecule has 1 nitrogen and oxygen atoms in total. The quantitative estimate of drug-likeness (QED) is 0.777. The Balaban J connectivity index is 2.13. The fourth-order valence-electron chi connectivity index (χ4n) is 2.59. The topological polar surface area (TPSA) is 12.0 Å². The molecule has 0 bridgehead atoms. The van der Waals surface area contributed by atoms with Gasteiger partial charge in [0.25, 0.3) is 0 Å². The minimum Gasteiger partial charge on any atom is -0.382 e. The van der Waals surface area contributed by atoms with Crippen LogP contribution in [0.25, 0.3) is 0 Å². The molecular weight excluding hydrogens is 239 g/mol. The molecule has 1 fully saturated rings. The zero-order valence-electron chi connectivity index (χ0n) is 10.6. The van der Waals surface area contributed by atoms with Gasteiger partial charge in [-0.3, -0.25) is 0 Å². The molecule has 0 aromatic heterocycles. The number of hydrogen-bond donors (Lipinski definition) is 1. The molecule has 0 heterocycles. The highest BCUT2D eigenvalue weighted by Gasteiger charge is 2.25. The third-order valence-corrected chi connectivity index (χ3v) is 3.79. The lowest BCUT2D eigenvalue weighted by molar-refractivity contribution is 0.280. The summed E-state index contributed by atoms with van der Waals surface area (Å²) < 4.78 is 39.1. The van der Waals surface area contributed by atoms with E-state index >= 15 is 0 Å². The van der Waals surface area contributed by atoms with Crippen LogP contribution in [-0.4, -0.2) is 6.04 Å². The van der Waals surface area contributed by atoms with Crippen LogP contribution in [-0.2, 0) is 0 Å². The van der Waals surface area contributed by atoms with Crippen molar-refractivity contribution >= 4 is 5.69 Å². The zero-order chi connectivity index (χ0) is 13.3. The molecule has 0 saturated heterocycles. The van der Waals surface area contributed by atoms with E-state index in [2.05, 4.69) is 19.2 Å². The second-order valence-corrected chi connectivity index (χ2v) is 5.40. The Labute approximate surface area is 105 Å². The molecule has 1 aromatic rings. The van der Waals surface area contributed by atoms with Gasteiger partial charge in [-0.15, -0.1) is 0 Å². The van der Waals surface area contributed by atoms with E-state index in [4.69, 9.17) is 0 Å². The van der Waals surface area contributed by atoms with Crippen molar-refractivity contribution in [2.45, 2.75) is 39.2 Å². The first-order chi connectivity index (χ1) is 8.47. The van der Waals surface area contributed by atoms with Crippen LogP contribution in [0.1, 0.15) is 33.1 Å². The van der Waals surface area contributed by atoms with Crippen molar-refractivity contribution in [3.63, 3.8) is 0 Å². The molecule has 4 heteroatoms. The first-order valence-electron chi connectivity index (χ1n) is 6.38. The van der Waals surface area contributed by atoms with Gasteiger partial charge in [0, 0.05) is 23.9 Å². The van der Waals surface area contributed by atoms with Crippen molar-refractivity contribution in [3.8, 4) is 0 Å². The third-order valence-electron chi connectivity index (χ3n) is 3.79. The van der Waals surface area contributed by atoms with Crippen LogP contribution in [0.15, 0.2) is 12.1 Å². The Kier molecular flexibility index (Phi) is 3.83. The summed E-state index contributed by atoms with van der Waals surface area (Å²) in [7, 11) is 0. The van der Waals surface area contributed by atoms with E-state index in [-0.39, 0.29) is 6.04 Å². The summed E-state index contributed by atoms with van der Waals surface area (Å²) in [6.07, 6.45) is 3.26. The summed E-state index contributed by atoms with van der Waals surface area (Å²) in [6.45, 7) is 4.30. The third kappa shape index (κ3) is 2.79. The van der Waals surface area contributed by atoms with Gasteiger partial charge in [0.15, 0.2) is 17.5 Å². The van der Waals surface area contributed by atoms with Crippen LogP contribution in [0, 0.1) is 29.3 Å². The number of anilines is 1. The molecule has 1 aromatic carbocycles. The largest absolute Gasteiger partial charge is 0.382 e. The Morgan fingerprint density at radius 3 is 2.28 bits per heavy atom.